The Morgan fingerprint density at radius 1 is 1.22 bits per heavy atom. The second kappa shape index (κ2) is 7.55. The second-order valence-corrected chi connectivity index (χ2v) is 5.32. The van der Waals surface area contributed by atoms with E-state index < -0.39 is 5.60 Å². The van der Waals surface area contributed by atoms with Crippen LogP contribution in [0.3, 0.4) is 0 Å². The lowest BCUT2D eigenvalue weighted by molar-refractivity contribution is 0.0449. The minimum absolute atomic E-state index is 0.701. The van der Waals surface area contributed by atoms with Crippen LogP contribution in [0.5, 0.6) is 0 Å². The van der Waals surface area contributed by atoms with Gasteiger partial charge in [0, 0.05) is 0 Å². The number of benzene rings is 1. The van der Waals surface area contributed by atoms with E-state index in [0.717, 1.165) is 37.8 Å². The maximum Gasteiger partial charge on any atom is 0.0868 e. The van der Waals surface area contributed by atoms with Crippen molar-refractivity contribution in [2.45, 2.75) is 58.0 Å². The molecule has 3 N–H and O–H groups in total. The van der Waals surface area contributed by atoms with Crippen LogP contribution in [-0.2, 0) is 12.0 Å². The van der Waals surface area contributed by atoms with Crippen LogP contribution in [0.4, 0.5) is 0 Å². The summed E-state index contributed by atoms with van der Waals surface area (Å²) in [5, 5.41) is 10.5. The van der Waals surface area contributed by atoms with Crippen LogP contribution in [0, 0.1) is 0 Å². The predicted octanol–water partition coefficient (Wildman–Crippen LogP) is 3.37. The number of aryl methyl sites for hydroxylation is 1. The van der Waals surface area contributed by atoms with Crippen molar-refractivity contribution in [1.82, 2.24) is 0 Å². The molecule has 0 amide bonds. The second-order valence-electron chi connectivity index (χ2n) is 5.32. The van der Waals surface area contributed by atoms with Gasteiger partial charge in [0.05, 0.1) is 5.60 Å². The Kier molecular flexibility index (Phi) is 6.37. The highest BCUT2D eigenvalue weighted by atomic mass is 16.3. The van der Waals surface area contributed by atoms with Gasteiger partial charge in [0.2, 0.25) is 0 Å². The fourth-order valence-electron chi connectivity index (χ4n) is 2.23. The molecule has 0 bridgehead atoms. The third-order valence-corrected chi connectivity index (χ3v) is 3.49. The van der Waals surface area contributed by atoms with Crippen molar-refractivity contribution in [2.24, 2.45) is 5.73 Å². The number of hydrogen-bond donors (Lipinski definition) is 2. The molecular weight excluding hydrogens is 222 g/mol. The molecule has 102 valence electrons. The summed E-state index contributed by atoms with van der Waals surface area (Å²) in [6, 6.07) is 8.30. The van der Waals surface area contributed by atoms with Crippen LogP contribution in [0.15, 0.2) is 24.3 Å². The molecule has 0 heterocycles. The Labute approximate surface area is 111 Å². The van der Waals surface area contributed by atoms with E-state index in [9.17, 15) is 5.11 Å². The number of hydrogen-bond acceptors (Lipinski definition) is 2. The first-order valence-corrected chi connectivity index (χ1v) is 7.12. The largest absolute Gasteiger partial charge is 0.385 e. The zero-order chi connectivity index (χ0) is 13.4. The standard InChI is InChI=1S/C16H27NO/c1-3-4-5-11-16(2,18)15-10-6-8-14(13-15)9-7-12-17/h6,8,10,13,18H,3-5,7,9,11-12,17H2,1-2H3. The van der Waals surface area contributed by atoms with E-state index in [0.29, 0.717) is 0 Å². The molecule has 0 aliphatic heterocycles. The third kappa shape index (κ3) is 4.79. The smallest absolute Gasteiger partial charge is 0.0868 e. The van der Waals surface area contributed by atoms with Crippen molar-refractivity contribution in [1.29, 1.82) is 0 Å². The van der Waals surface area contributed by atoms with E-state index in [-0.39, 0.29) is 0 Å². The molecule has 0 fully saturated rings. The van der Waals surface area contributed by atoms with Crippen molar-refractivity contribution in [3.63, 3.8) is 0 Å². The molecule has 2 nitrogen and oxygen atoms in total. The van der Waals surface area contributed by atoms with Gasteiger partial charge in [0.15, 0.2) is 0 Å². The molecule has 0 aliphatic carbocycles. The number of unbranched alkanes of at least 4 members (excludes halogenated alkanes) is 2. The van der Waals surface area contributed by atoms with Crippen LogP contribution in [-0.4, -0.2) is 11.7 Å². The lowest BCUT2D eigenvalue weighted by Gasteiger charge is -2.24. The van der Waals surface area contributed by atoms with Gasteiger partial charge >= 0.3 is 0 Å². The molecule has 18 heavy (non-hydrogen) atoms. The molecule has 0 spiro atoms. The summed E-state index contributed by atoms with van der Waals surface area (Å²) in [7, 11) is 0. The fourth-order valence-corrected chi connectivity index (χ4v) is 2.23. The molecule has 1 rings (SSSR count). The van der Waals surface area contributed by atoms with Gasteiger partial charge in [-0.25, -0.2) is 0 Å². The van der Waals surface area contributed by atoms with E-state index in [1.807, 2.05) is 19.1 Å². The summed E-state index contributed by atoms with van der Waals surface area (Å²) >= 11 is 0. The highest BCUT2D eigenvalue weighted by Gasteiger charge is 2.22. The molecule has 1 aromatic rings. The molecule has 1 unspecified atom stereocenters. The maximum absolute atomic E-state index is 10.5. The Morgan fingerprint density at radius 3 is 2.67 bits per heavy atom. The highest BCUT2D eigenvalue weighted by Crippen LogP contribution is 2.27. The van der Waals surface area contributed by atoms with Gasteiger partial charge in [-0.2, -0.15) is 0 Å². The van der Waals surface area contributed by atoms with Gasteiger partial charge < -0.3 is 10.8 Å². The van der Waals surface area contributed by atoms with Gasteiger partial charge in [-0.05, 0) is 43.9 Å². The van der Waals surface area contributed by atoms with Crippen LogP contribution in [0.1, 0.15) is 57.1 Å². The molecule has 2 heteroatoms. The summed E-state index contributed by atoms with van der Waals surface area (Å²) in [6.07, 6.45) is 6.28. The van der Waals surface area contributed by atoms with E-state index >= 15 is 0 Å². The lowest BCUT2D eigenvalue weighted by Crippen LogP contribution is -2.21. The zero-order valence-corrected chi connectivity index (χ0v) is 11.8. The lowest BCUT2D eigenvalue weighted by atomic mass is 9.89. The first kappa shape index (κ1) is 15.2. The summed E-state index contributed by atoms with van der Waals surface area (Å²) in [6.45, 7) is 4.82. The molecular formula is C16H27NO. The first-order chi connectivity index (χ1) is 8.60. The maximum atomic E-state index is 10.5. The third-order valence-electron chi connectivity index (χ3n) is 3.49. The molecule has 0 aliphatic rings. The van der Waals surface area contributed by atoms with E-state index in [1.165, 1.54) is 18.4 Å². The van der Waals surface area contributed by atoms with Gasteiger partial charge in [-0.3, -0.25) is 0 Å². The molecule has 0 saturated heterocycles. The zero-order valence-electron chi connectivity index (χ0n) is 11.8. The molecule has 1 atom stereocenters. The van der Waals surface area contributed by atoms with Crippen LogP contribution in [0.2, 0.25) is 0 Å². The van der Waals surface area contributed by atoms with Crippen LogP contribution >= 0.6 is 0 Å². The van der Waals surface area contributed by atoms with Gasteiger partial charge in [0.25, 0.3) is 0 Å². The monoisotopic (exact) mass is 249 g/mol. The minimum Gasteiger partial charge on any atom is -0.385 e. The van der Waals surface area contributed by atoms with Crippen molar-refractivity contribution in [3.05, 3.63) is 35.4 Å². The molecule has 1 aromatic carbocycles. The number of rotatable bonds is 8. The van der Waals surface area contributed by atoms with Crippen molar-refractivity contribution >= 4 is 0 Å². The minimum atomic E-state index is -0.701. The Balaban J connectivity index is 2.68. The van der Waals surface area contributed by atoms with E-state index in [2.05, 4.69) is 19.1 Å². The molecule has 0 saturated carbocycles. The van der Waals surface area contributed by atoms with Crippen molar-refractivity contribution in [2.75, 3.05) is 6.54 Å². The van der Waals surface area contributed by atoms with Gasteiger partial charge in [-0.1, -0.05) is 50.5 Å². The van der Waals surface area contributed by atoms with E-state index in [4.69, 9.17) is 5.73 Å². The first-order valence-electron chi connectivity index (χ1n) is 7.12. The quantitative estimate of drug-likeness (QED) is 0.694. The Hall–Kier alpha value is -0.860. The topological polar surface area (TPSA) is 46.2 Å². The van der Waals surface area contributed by atoms with Crippen molar-refractivity contribution < 1.29 is 5.11 Å². The van der Waals surface area contributed by atoms with E-state index in [1.54, 1.807) is 0 Å². The van der Waals surface area contributed by atoms with Gasteiger partial charge in [0.1, 0.15) is 0 Å². The molecule has 0 radical (unpaired) electrons. The number of aliphatic hydroxyl groups is 1. The van der Waals surface area contributed by atoms with Crippen LogP contribution < -0.4 is 5.73 Å². The Bertz CT molecular complexity index is 347. The number of nitrogens with two attached hydrogens (primary N) is 1. The van der Waals surface area contributed by atoms with Crippen molar-refractivity contribution in [3.8, 4) is 0 Å². The molecule has 0 aromatic heterocycles. The summed E-state index contributed by atoms with van der Waals surface area (Å²) in [5.74, 6) is 0. The SMILES string of the molecule is CCCCCC(C)(O)c1cccc(CCCN)c1. The normalized spacial score (nSPS) is 14.4. The summed E-state index contributed by atoms with van der Waals surface area (Å²) in [5.41, 5.74) is 7.14. The summed E-state index contributed by atoms with van der Waals surface area (Å²) in [4.78, 5) is 0. The Morgan fingerprint density at radius 2 is 2.00 bits per heavy atom. The average molecular weight is 249 g/mol. The average Bonchev–Trinajstić information content (AvgIpc) is 2.37. The summed E-state index contributed by atoms with van der Waals surface area (Å²) < 4.78 is 0. The predicted molar refractivity (Wildman–Crippen MR) is 77.5 cm³/mol. The van der Waals surface area contributed by atoms with Crippen LogP contribution in [0.25, 0.3) is 0 Å². The fraction of sp³-hybridized carbons (Fsp3) is 0.625. The highest BCUT2D eigenvalue weighted by molar-refractivity contribution is 5.28. The van der Waals surface area contributed by atoms with Gasteiger partial charge in [-0.15, -0.1) is 0 Å².